The van der Waals surface area contributed by atoms with Crippen LogP contribution >= 0.6 is 0 Å². The van der Waals surface area contributed by atoms with E-state index in [1.807, 2.05) is 0 Å². The van der Waals surface area contributed by atoms with Gasteiger partial charge in [-0.25, -0.2) is 0 Å². The minimum atomic E-state index is -0.764. The molecular formula is C24H22Si2. The largest absolute Gasteiger partial charge is 0.119 e. The van der Waals surface area contributed by atoms with E-state index in [4.69, 9.17) is 0 Å². The van der Waals surface area contributed by atoms with Crippen LogP contribution in [0.1, 0.15) is 0 Å². The van der Waals surface area contributed by atoms with Crippen molar-refractivity contribution in [1.82, 2.24) is 0 Å². The van der Waals surface area contributed by atoms with Crippen LogP contribution < -0.4 is 20.7 Å². The molecule has 4 aromatic carbocycles. The van der Waals surface area contributed by atoms with Crippen LogP contribution in [0.25, 0.3) is 10.8 Å². The highest BCUT2D eigenvalue weighted by Crippen LogP contribution is 2.12. The van der Waals surface area contributed by atoms with Gasteiger partial charge in [0.2, 0.25) is 0 Å². The zero-order valence-corrected chi connectivity index (χ0v) is 17.2. The molecule has 0 aliphatic heterocycles. The van der Waals surface area contributed by atoms with E-state index < -0.39 is 17.6 Å². The minimum Gasteiger partial charge on any atom is -0.0628 e. The third kappa shape index (κ3) is 3.18. The molecule has 0 saturated heterocycles. The quantitative estimate of drug-likeness (QED) is 0.486. The molecule has 4 rings (SSSR count). The van der Waals surface area contributed by atoms with Crippen molar-refractivity contribution >= 4 is 49.1 Å². The van der Waals surface area contributed by atoms with E-state index in [2.05, 4.69) is 110 Å². The third-order valence-electron chi connectivity index (χ3n) is 5.15. The van der Waals surface area contributed by atoms with Gasteiger partial charge < -0.3 is 0 Å². The molecule has 4 aromatic rings. The van der Waals surface area contributed by atoms with Crippen molar-refractivity contribution in [3.8, 4) is 0 Å². The summed E-state index contributed by atoms with van der Waals surface area (Å²) in [6.45, 7) is 4.83. The zero-order chi connectivity index (χ0) is 17.9. The summed E-state index contributed by atoms with van der Waals surface area (Å²) >= 11 is 0. The van der Waals surface area contributed by atoms with Crippen LogP contribution in [-0.4, -0.2) is 17.6 Å². The predicted octanol–water partition coefficient (Wildman–Crippen LogP) is 3.32. The molecule has 0 nitrogen and oxygen atoms in total. The molecule has 0 aromatic heterocycles. The second-order valence-electron chi connectivity index (χ2n) is 6.69. The smallest absolute Gasteiger partial charge is 0.0628 e. The first-order valence-corrected chi connectivity index (χ1v) is 13.1. The molecule has 0 fully saturated rings. The fourth-order valence-electron chi connectivity index (χ4n) is 3.64. The standard InChI is InChI=1S/C24H22Si2/c1-25(19-11-5-3-6-12-19)23-17-18-24(22-16-10-9-15-21(22)23)26(2)20-13-7-4-8-14-20/h3-18H,1-2H3. The number of fused-ring (bicyclic) bond motifs is 1. The lowest BCUT2D eigenvalue weighted by Gasteiger charge is -2.19. The minimum absolute atomic E-state index is 0.764. The van der Waals surface area contributed by atoms with Crippen molar-refractivity contribution in [2.75, 3.05) is 0 Å². The van der Waals surface area contributed by atoms with Crippen molar-refractivity contribution < 1.29 is 0 Å². The van der Waals surface area contributed by atoms with Crippen molar-refractivity contribution in [2.24, 2.45) is 0 Å². The maximum absolute atomic E-state index is 2.41. The molecule has 2 heteroatoms. The fourth-order valence-corrected chi connectivity index (χ4v) is 7.56. The second-order valence-corrected chi connectivity index (χ2v) is 11.4. The van der Waals surface area contributed by atoms with Crippen LogP contribution in [0.2, 0.25) is 13.1 Å². The van der Waals surface area contributed by atoms with Crippen LogP contribution in [0.3, 0.4) is 0 Å². The molecule has 126 valence electrons. The maximum atomic E-state index is 2.41. The molecule has 0 N–H and O–H groups in total. The molecule has 0 aliphatic rings. The van der Waals surface area contributed by atoms with Gasteiger partial charge in [0, 0.05) is 0 Å². The highest BCUT2D eigenvalue weighted by Gasteiger charge is 2.18. The highest BCUT2D eigenvalue weighted by atomic mass is 28.3. The van der Waals surface area contributed by atoms with Crippen LogP contribution in [0, 0.1) is 0 Å². The Morgan fingerprint density at radius 2 is 0.769 bits per heavy atom. The first-order valence-electron chi connectivity index (χ1n) is 9.06. The summed E-state index contributed by atoms with van der Waals surface area (Å²) < 4.78 is 0. The van der Waals surface area contributed by atoms with E-state index >= 15 is 0 Å². The van der Waals surface area contributed by atoms with Crippen LogP contribution in [0.4, 0.5) is 0 Å². The number of rotatable bonds is 4. The molecule has 0 atom stereocenters. The van der Waals surface area contributed by atoms with Gasteiger partial charge in [-0.3, -0.25) is 0 Å². The van der Waals surface area contributed by atoms with Gasteiger partial charge in [0.05, 0.1) is 0 Å². The van der Waals surface area contributed by atoms with E-state index in [1.165, 1.54) is 31.5 Å². The normalized spacial score (nSPS) is 11.4. The lowest BCUT2D eigenvalue weighted by Crippen LogP contribution is -2.43. The topological polar surface area (TPSA) is 0 Å². The van der Waals surface area contributed by atoms with E-state index in [0.717, 1.165) is 0 Å². The van der Waals surface area contributed by atoms with Gasteiger partial charge in [-0.1, -0.05) is 121 Å². The Morgan fingerprint density at radius 1 is 0.423 bits per heavy atom. The number of hydrogen-bond acceptors (Lipinski definition) is 0. The first-order chi connectivity index (χ1) is 12.8. The van der Waals surface area contributed by atoms with E-state index in [-0.39, 0.29) is 0 Å². The van der Waals surface area contributed by atoms with Crippen molar-refractivity contribution in [2.45, 2.75) is 13.1 Å². The average Bonchev–Trinajstić information content (AvgIpc) is 2.73. The van der Waals surface area contributed by atoms with Gasteiger partial charge in [0.15, 0.2) is 0 Å². The Hall–Kier alpha value is -2.43. The number of hydrogen-bond donors (Lipinski definition) is 0. The van der Waals surface area contributed by atoms with Crippen molar-refractivity contribution in [3.63, 3.8) is 0 Å². The van der Waals surface area contributed by atoms with Gasteiger partial charge in [-0.05, 0) is 21.1 Å². The summed E-state index contributed by atoms with van der Waals surface area (Å²) in [6, 6.07) is 35.7. The fraction of sp³-hybridized carbons (Fsp3) is 0.0833. The molecule has 2 radical (unpaired) electrons. The predicted molar refractivity (Wildman–Crippen MR) is 119 cm³/mol. The van der Waals surface area contributed by atoms with Gasteiger partial charge in [-0.15, -0.1) is 0 Å². The third-order valence-corrected chi connectivity index (χ3v) is 10.0. The Labute approximate surface area is 159 Å². The lowest BCUT2D eigenvalue weighted by atomic mass is 10.1. The SMILES string of the molecule is C[Si](c1ccccc1)c1ccc([Si](C)c2ccccc2)c2ccccc12. The molecule has 26 heavy (non-hydrogen) atoms. The van der Waals surface area contributed by atoms with Crippen LogP contribution in [0.15, 0.2) is 97.1 Å². The maximum Gasteiger partial charge on any atom is 0.119 e. The highest BCUT2D eigenvalue weighted by molar-refractivity contribution is 6.88. The average molecular weight is 367 g/mol. The molecule has 0 spiro atoms. The first kappa shape index (κ1) is 17.0. The van der Waals surface area contributed by atoms with E-state index in [9.17, 15) is 0 Å². The second kappa shape index (κ2) is 7.44. The number of benzene rings is 4. The van der Waals surface area contributed by atoms with Crippen molar-refractivity contribution in [1.29, 1.82) is 0 Å². The summed E-state index contributed by atoms with van der Waals surface area (Å²) in [4.78, 5) is 0. The molecular weight excluding hydrogens is 344 g/mol. The molecule has 0 amide bonds. The summed E-state index contributed by atoms with van der Waals surface area (Å²) in [5.74, 6) is 0. The molecule has 0 heterocycles. The summed E-state index contributed by atoms with van der Waals surface area (Å²) in [6.07, 6.45) is 0. The van der Waals surface area contributed by atoms with Gasteiger partial charge in [0.1, 0.15) is 17.6 Å². The molecule has 0 unspecified atom stereocenters. The Bertz CT molecular complexity index is 926. The van der Waals surface area contributed by atoms with Crippen molar-refractivity contribution in [3.05, 3.63) is 97.1 Å². The molecule has 0 saturated carbocycles. The Kier molecular flexibility index (Phi) is 4.87. The van der Waals surface area contributed by atoms with E-state index in [1.54, 1.807) is 0 Å². The Balaban J connectivity index is 1.84. The summed E-state index contributed by atoms with van der Waals surface area (Å²) in [5.41, 5.74) is 0. The van der Waals surface area contributed by atoms with Crippen LogP contribution in [0.5, 0.6) is 0 Å². The van der Waals surface area contributed by atoms with E-state index in [0.29, 0.717) is 0 Å². The zero-order valence-electron chi connectivity index (χ0n) is 15.2. The van der Waals surface area contributed by atoms with Crippen LogP contribution in [-0.2, 0) is 0 Å². The van der Waals surface area contributed by atoms with Gasteiger partial charge in [-0.2, -0.15) is 0 Å². The lowest BCUT2D eigenvalue weighted by molar-refractivity contribution is 1.73. The molecule has 0 bridgehead atoms. The van der Waals surface area contributed by atoms with Gasteiger partial charge in [0.25, 0.3) is 0 Å². The monoisotopic (exact) mass is 366 g/mol. The summed E-state index contributed by atoms with van der Waals surface area (Å²) in [5, 5.41) is 8.85. The summed E-state index contributed by atoms with van der Waals surface area (Å²) in [7, 11) is -1.53. The Morgan fingerprint density at radius 3 is 1.15 bits per heavy atom. The molecule has 0 aliphatic carbocycles. The van der Waals surface area contributed by atoms with Gasteiger partial charge >= 0.3 is 0 Å².